The first-order valence-corrected chi connectivity index (χ1v) is 11.7. The summed E-state index contributed by atoms with van der Waals surface area (Å²) in [5.74, 6) is 0. The van der Waals surface area contributed by atoms with E-state index in [2.05, 4.69) is 18.9 Å². The smallest absolute Gasteiger partial charge is 0.361 e. The molecule has 0 fully saturated rings. The lowest BCUT2D eigenvalue weighted by Crippen LogP contribution is -2.34. The number of halogens is 11. The average molecular weight is 631 g/mol. The molecule has 2 unspecified atom stereocenters. The van der Waals surface area contributed by atoms with Gasteiger partial charge in [0.2, 0.25) is 0 Å². The van der Waals surface area contributed by atoms with Crippen LogP contribution in [0.2, 0.25) is 0 Å². The summed E-state index contributed by atoms with van der Waals surface area (Å²) in [4.78, 5) is 0. The van der Waals surface area contributed by atoms with E-state index < -0.39 is 43.9 Å². The Morgan fingerprint density at radius 2 is 0.775 bits per heavy atom. The third kappa shape index (κ3) is 33.1. The van der Waals surface area contributed by atoms with Crippen LogP contribution < -0.4 is 0 Å². The van der Waals surface area contributed by atoms with E-state index in [1.165, 1.54) is 27.7 Å². The number of hydrogen-bond donors (Lipinski definition) is 1. The Bertz CT molecular complexity index is 468. The first-order valence-electron chi connectivity index (χ1n) is 11.7. The van der Waals surface area contributed by atoms with Crippen molar-refractivity contribution in [1.29, 1.82) is 0 Å². The van der Waals surface area contributed by atoms with Gasteiger partial charge in [-0.2, -0.15) is 39.5 Å². The van der Waals surface area contributed by atoms with E-state index in [0.29, 0.717) is 19.8 Å². The zero-order chi connectivity index (χ0) is 31.7. The quantitative estimate of drug-likeness (QED) is 0.178. The van der Waals surface area contributed by atoms with Crippen LogP contribution in [0, 0.1) is 0 Å². The molecule has 0 heterocycles. The molecule has 40 heavy (non-hydrogen) atoms. The minimum atomic E-state index is -4.88. The molecule has 0 aromatic carbocycles. The number of aliphatic hydroxyl groups excluding tert-OH is 1. The minimum absolute atomic E-state index is 0. The van der Waals surface area contributed by atoms with Gasteiger partial charge in [-0.15, -0.1) is 0 Å². The summed E-state index contributed by atoms with van der Waals surface area (Å²) in [6.07, 6.45) is -21.8. The molecular weight excluding hydrogens is 589 g/mol. The van der Waals surface area contributed by atoms with Gasteiger partial charge in [0.05, 0.1) is 0 Å². The van der Waals surface area contributed by atoms with E-state index in [1.54, 1.807) is 0 Å². The zero-order valence-corrected chi connectivity index (χ0v) is 23.3. The van der Waals surface area contributed by atoms with E-state index in [1.807, 2.05) is 20.8 Å². The van der Waals surface area contributed by atoms with Gasteiger partial charge in [0.25, 0.3) is 25.4 Å². The maximum atomic E-state index is 11.8. The molecule has 0 aromatic rings. The second-order valence-electron chi connectivity index (χ2n) is 6.10. The Labute approximate surface area is 226 Å². The monoisotopic (exact) mass is 630 g/mol. The van der Waals surface area contributed by atoms with Gasteiger partial charge in [0, 0.05) is 46.2 Å². The van der Waals surface area contributed by atoms with Crippen LogP contribution in [0.25, 0.3) is 0 Å². The maximum absolute atomic E-state index is 11.8. The fourth-order valence-corrected chi connectivity index (χ4v) is 1.59. The molecule has 0 aromatic heterocycles. The second-order valence-corrected chi connectivity index (χ2v) is 6.10. The molecule has 8 nitrogen and oxygen atoms in total. The van der Waals surface area contributed by atoms with Crippen molar-refractivity contribution in [3.63, 3.8) is 0 Å². The largest absolute Gasteiger partial charge is 0.445 e. The number of hydrogen-bond acceptors (Lipinski definition) is 8. The Morgan fingerprint density at radius 1 is 0.475 bits per heavy atom. The average Bonchev–Trinajstić information content (AvgIpc) is 2.79. The molecule has 0 saturated heterocycles. The highest BCUT2D eigenvalue weighted by molar-refractivity contribution is 4.55. The van der Waals surface area contributed by atoms with Crippen LogP contribution in [-0.2, 0) is 33.2 Å². The molecule has 0 rings (SSSR count). The predicted molar refractivity (Wildman–Crippen MR) is 121 cm³/mol. The molecule has 0 aliphatic rings. The van der Waals surface area contributed by atoms with Crippen molar-refractivity contribution >= 4 is 0 Å². The number of alkyl halides is 10. The van der Waals surface area contributed by atoms with Gasteiger partial charge in [-0.3, -0.25) is 4.70 Å². The van der Waals surface area contributed by atoms with E-state index in [4.69, 9.17) is 19.3 Å². The first kappa shape index (κ1) is 48.6. The van der Waals surface area contributed by atoms with Gasteiger partial charge in [0.1, 0.15) is 0 Å². The van der Waals surface area contributed by atoms with Crippen molar-refractivity contribution < 1.29 is 86.9 Å². The highest BCUT2D eigenvalue weighted by atomic mass is 19.4. The molecule has 0 radical (unpaired) electrons. The maximum Gasteiger partial charge on any atom is 0.445 e. The fraction of sp³-hybridized carbons (Fsp3) is 1.00. The molecule has 0 saturated carbocycles. The van der Waals surface area contributed by atoms with Crippen molar-refractivity contribution in [1.82, 2.24) is 0 Å². The van der Waals surface area contributed by atoms with Crippen molar-refractivity contribution in [2.24, 2.45) is 0 Å². The van der Waals surface area contributed by atoms with Crippen LogP contribution in [0.5, 0.6) is 0 Å². The molecular formula is C21H41F11O8. The van der Waals surface area contributed by atoms with Crippen LogP contribution in [0.3, 0.4) is 0 Å². The minimum Gasteiger partial charge on any atom is -0.361 e. The van der Waals surface area contributed by atoms with Gasteiger partial charge in [0.15, 0.2) is 0 Å². The number of rotatable bonds is 14. The third-order valence-electron chi connectivity index (χ3n) is 2.99. The van der Waals surface area contributed by atoms with Gasteiger partial charge < -0.3 is 38.3 Å². The molecule has 2 atom stereocenters. The summed E-state index contributed by atoms with van der Waals surface area (Å²) in [7, 11) is 0. The molecule has 0 bridgehead atoms. The zero-order valence-electron chi connectivity index (χ0n) is 23.3. The Hall–Kier alpha value is -1.09. The summed E-state index contributed by atoms with van der Waals surface area (Å²) in [6, 6.07) is 0. The van der Waals surface area contributed by atoms with E-state index in [0.717, 1.165) is 0 Å². The summed E-state index contributed by atoms with van der Waals surface area (Å²) in [5, 5.41) is 8.04. The number of aliphatic hydroxyl groups is 1. The Balaban J connectivity index is -0.000000135. The van der Waals surface area contributed by atoms with Crippen LogP contribution in [0.15, 0.2) is 0 Å². The topological polar surface area (TPSA) is 84.8 Å². The lowest BCUT2D eigenvalue weighted by molar-refractivity contribution is -0.307. The summed E-state index contributed by atoms with van der Waals surface area (Å²) >= 11 is 0. The van der Waals surface area contributed by atoms with Crippen LogP contribution in [0.4, 0.5) is 48.6 Å². The Morgan fingerprint density at radius 3 is 0.925 bits per heavy atom. The van der Waals surface area contributed by atoms with Crippen molar-refractivity contribution in [3.05, 3.63) is 0 Å². The SMILES string of the molecule is CCOC(F)C(F)(F)F.CCOC(O)C(F)(F)F.CCOC(OCC)C(F)(F)F.CCOC(OCC)OCC.F. The molecule has 0 aliphatic heterocycles. The van der Waals surface area contributed by atoms with E-state index >= 15 is 0 Å². The van der Waals surface area contributed by atoms with Crippen molar-refractivity contribution in [3.8, 4) is 0 Å². The highest BCUT2D eigenvalue weighted by Gasteiger charge is 2.42. The highest BCUT2D eigenvalue weighted by Crippen LogP contribution is 2.24. The van der Waals surface area contributed by atoms with Crippen LogP contribution in [-0.4, -0.2) is 95.3 Å². The molecule has 0 aliphatic carbocycles. The van der Waals surface area contributed by atoms with Crippen LogP contribution in [0.1, 0.15) is 48.5 Å². The normalized spacial score (nSPS) is 13.2. The fourth-order valence-electron chi connectivity index (χ4n) is 1.59. The Kier molecular flexibility index (Phi) is 34.1. The molecule has 0 amide bonds. The predicted octanol–water partition coefficient (Wildman–Crippen LogP) is 6.26. The van der Waals surface area contributed by atoms with Gasteiger partial charge in [-0.05, 0) is 48.5 Å². The summed E-state index contributed by atoms with van der Waals surface area (Å²) < 4.78 is 146. The standard InChI is InChI=1S/C7H16O3.C6H11F3O2.C4H6F4O.C4H7F3O2.FH/c1-4-8-7(9-5-2)10-6-3;1-3-10-5(11-4-2)6(7,8)9;1-2-9-3(5)4(6,7)8;1-2-9-3(8)4(5,6)7;/h7H,4-6H2,1-3H3;5H,3-4H2,1-2H3;3H,2H2,1H3;3,8H,2H2,1H3;1H. The molecule has 19 heteroatoms. The molecule has 1 N–H and O–H groups in total. The lowest BCUT2D eigenvalue weighted by Gasteiger charge is -2.19. The van der Waals surface area contributed by atoms with Crippen LogP contribution >= 0.6 is 0 Å². The van der Waals surface area contributed by atoms with E-state index in [9.17, 15) is 43.9 Å². The third-order valence-corrected chi connectivity index (χ3v) is 2.99. The van der Waals surface area contributed by atoms with E-state index in [-0.39, 0.29) is 31.1 Å². The second kappa shape index (κ2) is 28.0. The van der Waals surface area contributed by atoms with Crippen molar-refractivity contribution in [2.75, 3.05) is 46.2 Å². The summed E-state index contributed by atoms with van der Waals surface area (Å²) in [6.45, 7) is 12.3. The summed E-state index contributed by atoms with van der Waals surface area (Å²) in [5.41, 5.74) is 0. The lowest BCUT2D eigenvalue weighted by atomic mass is 10.6. The van der Waals surface area contributed by atoms with Gasteiger partial charge >= 0.3 is 18.5 Å². The van der Waals surface area contributed by atoms with Gasteiger partial charge in [-0.25, -0.2) is 4.39 Å². The molecule has 0 spiro atoms. The van der Waals surface area contributed by atoms with Gasteiger partial charge in [-0.1, -0.05) is 0 Å². The molecule has 250 valence electrons. The van der Waals surface area contributed by atoms with Crippen molar-refractivity contribution in [2.45, 2.75) is 92.4 Å². The number of ether oxygens (including phenoxy) is 7. The first-order chi connectivity index (χ1) is 17.8.